The van der Waals surface area contributed by atoms with Crippen LogP contribution < -0.4 is 5.32 Å². The van der Waals surface area contributed by atoms with Crippen molar-refractivity contribution in [1.29, 1.82) is 0 Å². The van der Waals surface area contributed by atoms with Gasteiger partial charge in [0.1, 0.15) is 6.54 Å². The van der Waals surface area contributed by atoms with E-state index in [1.807, 2.05) is 41.4 Å². The van der Waals surface area contributed by atoms with Gasteiger partial charge in [0.05, 0.1) is 5.75 Å². The van der Waals surface area contributed by atoms with E-state index in [-0.39, 0.29) is 17.5 Å². The molecule has 0 aliphatic heterocycles. The zero-order valence-corrected chi connectivity index (χ0v) is 17.4. The number of halogens is 3. The molecule has 2 aromatic carbocycles. The van der Waals surface area contributed by atoms with E-state index in [1.54, 1.807) is 12.1 Å². The van der Waals surface area contributed by atoms with Gasteiger partial charge in [-0.25, -0.2) is 0 Å². The van der Waals surface area contributed by atoms with Crippen LogP contribution in [0.1, 0.15) is 34.3 Å². The fraction of sp³-hybridized carbons (Fsp3) is 0.364. The molecule has 1 aliphatic carbocycles. The van der Waals surface area contributed by atoms with Gasteiger partial charge in [-0.05, 0) is 49.6 Å². The number of hydrogen-bond donors (Lipinski definition) is 1. The number of nitrogens with zero attached hydrogens (tertiary/aromatic N) is 1. The van der Waals surface area contributed by atoms with E-state index in [2.05, 4.69) is 0 Å². The predicted octanol–water partition coefficient (Wildman–Crippen LogP) is 4.57. The van der Waals surface area contributed by atoms with E-state index >= 15 is 0 Å². The third-order valence-corrected chi connectivity index (χ3v) is 5.71. The summed E-state index contributed by atoms with van der Waals surface area (Å²) >= 11 is 1.50. The fourth-order valence-corrected chi connectivity index (χ4v) is 3.69. The summed E-state index contributed by atoms with van der Waals surface area (Å²) in [6.45, 7) is 1.07. The minimum Gasteiger partial charge on any atom is -0.343 e. The number of hydrogen-bond acceptors (Lipinski definition) is 3. The molecule has 0 bridgehead atoms. The lowest BCUT2D eigenvalue weighted by Crippen LogP contribution is -2.34. The first-order chi connectivity index (χ1) is 14.2. The number of alkyl halides is 3. The average molecular weight is 436 g/mol. The highest BCUT2D eigenvalue weighted by Gasteiger charge is 2.32. The van der Waals surface area contributed by atoms with Gasteiger partial charge in [0.25, 0.3) is 5.91 Å². The topological polar surface area (TPSA) is 49.4 Å². The lowest BCUT2D eigenvalue weighted by molar-refractivity contribution is -0.129. The number of thioether (sulfide) groups is 1. The van der Waals surface area contributed by atoms with Crippen LogP contribution in [0.25, 0.3) is 0 Å². The number of aryl methyl sites for hydroxylation is 1. The van der Waals surface area contributed by atoms with Crippen LogP contribution in [-0.2, 0) is 11.3 Å². The molecule has 1 aliphatic rings. The van der Waals surface area contributed by atoms with Crippen LogP contribution in [0.15, 0.2) is 53.4 Å². The van der Waals surface area contributed by atoms with Gasteiger partial charge in [-0.1, -0.05) is 29.8 Å². The first kappa shape index (κ1) is 22.2. The lowest BCUT2D eigenvalue weighted by Gasteiger charge is -2.22. The summed E-state index contributed by atoms with van der Waals surface area (Å²) in [5.74, 6) is -0.379. The SMILES string of the molecule is Cc1ccc(SCC(=O)N(Cc2ccc(C(=O)NCC(F)(F)F)cc2)C2CC2)cc1. The summed E-state index contributed by atoms with van der Waals surface area (Å²) in [5.41, 5.74) is 2.16. The molecule has 0 radical (unpaired) electrons. The molecule has 0 unspecified atom stereocenters. The summed E-state index contributed by atoms with van der Waals surface area (Å²) < 4.78 is 36.7. The Kier molecular flexibility index (Phi) is 7.07. The molecule has 30 heavy (non-hydrogen) atoms. The van der Waals surface area contributed by atoms with Crippen molar-refractivity contribution in [3.05, 3.63) is 65.2 Å². The maximum Gasteiger partial charge on any atom is 0.405 e. The van der Waals surface area contributed by atoms with Crippen LogP contribution in [0, 0.1) is 6.92 Å². The van der Waals surface area contributed by atoms with Crippen molar-refractivity contribution in [2.24, 2.45) is 0 Å². The largest absolute Gasteiger partial charge is 0.405 e. The third kappa shape index (κ3) is 6.79. The van der Waals surface area contributed by atoms with Crippen LogP contribution >= 0.6 is 11.8 Å². The Morgan fingerprint density at radius 3 is 2.27 bits per heavy atom. The van der Waals surface area contributed by atoms with E-state index < -0.39 is 18.6 Å². The number of nitrogens with one attached hydrogen (secondary N) is 1. The summed E-state index contributed by atoms with van der Waals surface area (Å²) in [6, 6.07) is 14.6. The zero-order chi connectivity index (χ0) is 21.7. The summed E-state index contributed by atoms with van der Waals surface area (Å²) in [6.07, 6.45) is -2.50. The Balaban J connectivity index is 1.56. The highest BCUT2D eigenvalue weighted by atomic mass is 32.2. The maximum atomic E-state index is 12.8. The molecule has 0 atom stereocenters. The fourth-order valence-electron chi connectivity index (χ4n) is 2.91. The molecule has 0 heterocycles. The van der Waals surface area contributed by atoms with E-state index in [0.29, 0.717) is 12.3 Å². The monoisotopic (exact) mass is 436 g/mol. The van der Waals surface area contributed by atoms with Crippen LogP contribution in [-0.4, -0.2) is 41.2 Å². The third-order valence-electron chi connectivity index (χ3n) is 4.71. The van der Waals surface area contributed by atoms with E-state index in [4.69, 9.17) is 0 Å². The first-order valence-corrected chi connectivity index (χ1v) is 10.6. The Bertz CT molecular complexity index is 879. The van der Waals surface area contributed by atoms with Gasteiger partial charge in [0, 0.05) is 23.0 Å². The smallest absolute Gasteiger partial charge is 0.343 e. The molecule has 1 saturated carbocycles. The van der Waals surface area contributed by atoms with Gasteiger partial charge in [-0.15, -0.1) is 11.8 Å². The minimum atomic E-state index is -4.45. The van der Waals surface area contributed by atoms with Gasteiger partial charge in [-0.2, -0.15) is 13.2 Å². The second kappa shape index (κ2) is 9.55. The summed E-state index contributed by atoms with van der Waals surface area (Å²) in [7, 11) is 0. The van der Waals surface area contributed by atoms with Crippen molar-refractivity contribution < 1.29 is 22.8 Å². The quantitative estimate of drug-likeness (QED) is 0.617. The van der Waals surface area contributed by atoms with Crippen molar-refractivity contribution in [2.75, 3.05) is 12.3 Å². The van der Waals surface area contributed by atoms with E-state index in [1.165, 1.54) is 29.5 Å². The highest BCUT2D eigenvalue weighted by molar-refractivity contribution is 8.00. The molecule has 0 saturated heterocycles. The Morgan fingerprint density at radius 2 is 1.70 bits per heavy atom. The van der Waals surface area contributed by atoms with Gasteiger partial charge in [0.15, 0.2) is 0 Å². The zero-order valence-electron chi connectivity index (χ0n) is 16.5. The van der Waals surface area contributed by atoms with Crippen molar-refractivity contribution >= 4 is 23.6 Å². The number of benzene rings is 2. The van der Waals surface area contributed by atoms with Crippen molar-refractivity contribution in [3.8, 4) is 0 Å². The van der Waals surface area contributed by atoms with Crippen LogP contribution in [0.4, 0.5) is 13.2 Å². The Hall–Kier alpha value is -2.48. The average Bonchev–Trinajstić information content (AvgIpc) is 3.54. The number of carbonyl (C=O) groups excluding carboxylic acids is 2. The number of amides is 2. The van der Waals surface area contributed by atoms with E-state index in [9.17, 15) is 22.8 Å². The molecule has 2 amide bonds. The normalized spacial score (nSPS) is 13.7. The predicted molar refractivity (Wildman–Crippen MR) is 110 cm³/mol. The second-order valence-corrected chi connectivity index (χ2v) is 8.40. The van der Waals surface area contributed by atoms with Crippen LogP contribution in [0.3, 0.4) is 0 Å². The molecular weight excluding hydrogens is 413 g/mol. The van der Waals surface area contributed by atoms with Crippen LogP contribution in [0.2, 0.25) is 0 Å². The molecule has 0 aromatic heterocycles. The van der Waals surface area contributed by atoms with Gasteiger partial charge < -0.3 is 10.2 Å². The standard InChI is InChI=1S/C22H23F3N2O2S/c1-15-2-10-19(11-3-15)30-13-20(28)27(18-8-9-18)12-16-4-6-17(7-5-16)21(29)26-14-22(23,24)25/h2-7,10-11,18H,8-9,12-14H2,1H3,(H,26,29). The molecule has 2 aromatic rings. The van der Waals surface area contributed by atoms with Gasteiger partial charge >= 0.3 is 6.18 Å². The second-order valence-electron chi connectivity index (χ2n) is 7.35. The van der Waals surface area contributed by atoms with Gasteiger partial charge in [0.2, 0.25) is 5.91 Å². The Labute approximate surface area is 177 Å². The van der Waals surface area contributed by atoms with Crippen LogP contribution in [0.5, 0.6) is 0 Å². The molecule has 160 valence electrons. The molecule has 1 fully saturated rings. The Morgan fingerprint density at radius 1 is 1.07 bits per heavy atom. The summed E-state index contributed by atoms with van der Waals surface area (Å²) in [4.78, 5) is 27.5. The highest BCUT2D eigenvalue weighted by Crippen LogP contribution is 2.30. The van der Waals surface area contributed by atoms with Gasteiger partial charge in [-0.3, -0.25) is 9.59 Å². The molecular formula is C22H23F3N2O2S. The first-order valence-electron chi connectivity index (χ1n) is 9.64. The maximum absolute atomic E-state index is 12.8. The summed E-state index contributed by atoms with van der Waals surface area (Å²) in [5, 5.41) is 1.85. The molecule has 3 rings (SSSR count). The minimum absolute atomic E-state index is 0.0510. The molecule has 1 N–H and O–H groups in total. The molecule has 0 spiro atoms. The molecule has 4 nitrogen and oxygen atoms in total. The van der Waals surface area contributed by atoms with Crippen molar-refractivity contribution in [1.82, 2.24) is 10.2 Å². The van der Waals surface area contributed by atoms with Crippen molar-refractivity contribution in [3.63, 3.8) is 0 Å². The van der Waals surface area contributed by atoms with E-state index in [0.717, 1.165) is 23.3 Å². The van der Waals surface area contributed by atoms with Crippen molar-refractivity contribution in [2.45, 2.75) is 43.4 Å². The lowest BCUT2D eigenvalue weighted by atomic mass is 10.1. The number of rotatable bonds is 8. The number of carbonyl (C=O) groups is 2. The molecule has 8 heteroatoms.